The number of nitrogens with one attached hydrogen (secondary N) is 1. The molecule has 0 amide bonds. The zero-order valence-corrected chi connectivity index (χ0v) is 9.30. The fraction of sp³-hybridized carbons (Fsp3) is 0.500. The highest BCUT2D eigenvalue weighted by Crippen LogP contribution is 2.40. The molecule has 3 nitrogen and oxygen atoms in total. The Morgan fingerprint density at radius 1 is 1.47 bits per heavy atom. The molecule has 2 rings (SSSR count). The van der Waals surface area contributed by atoms with E-state index in [1.807, 2.05) is 6.07 Å². The van der Waals surface area contributed by atoms with E-state index in [2.05, 4.69) is 25.2 Å². The second-order valence-corrected chi connectivity index (χ2v) is 4.78. The van der Waals surface area contributed by atoms with Crippen LogP contribution in [-0.2, 0) is 12.0 Å². The summed E-state index contributed by atoms with van der Waals surface area (Å²) in [5.74, 6) is 0. The molecule has 15 heavy (non-hydrogen) atoms. The number of anilines is 2. The average molecular weight is 206 g/mol. The van der Waals surface area contributed by atoms with E-state index in [0.29, 0.717) is 5.69 Å². The minimum atomic E-state index is 0.00121. The van der Waals surface area contributed by atoms with Gasteiger partial charge in [0.25, 0.3) is 0 Å². The summed E-state index contributed by atoms with van der Waals surface area (Å²) in [6, 6.07) is 3.99. The Hall–Kier alpha value is -1.22. The number of rotatable bonds is 1. The van der Waals surface area contributed by atoms with E-state index in [0.717, 1.165) is 24.2 Å². The third-order valence-electron chi connectivity index (χ3n) is 3.29. The lowest BCUT2D eigenvalue weighted by atomic mass is 9.77. The van der Waals surface area contributed by atoms with Crippen LogP contribution in [0, 0.1) is 0 Å². The third kappa shape index (κ3) is 1.57. The standard InChI is InChI=1S/C12H18N2O/c1-12(2)5-6-14-11-9(12)4-3-8(7-15)10(11)13/h3-4,14-15H,5-7,13H2,1-2H3. The van der Waals surface area contributed by atoms with Crippen LogP contribution in [0.2, 0.25) is 0 Å². The lowest BCUT2D eigenvalue weighted by Crippen LogP contribution is -2.29. The van der Waals surface area contributed by atoms with Gasteiger partial charge in [-0.15, -0.1) is 0 Å². The second kappa shape index (κ2) is 3.42. The smallest absolute Gasteiger partial charge is 0.0702 e. The van der Waals surface area contributed by atoms with Crippen molar-refractivity contribution in [1.29, 1.82) is 0 Å². The molecule has 0 aromatic heterocycles. The Kier molecular flexibility index (Phi) is 2.35. The zero-order valence-electron chi connectivity index (χ0n) is 9.30. The van der Waals surface area contributed by atoms with Crippen LogP contribution in [0.5, 0.6) is 0 Å². The van der Waals surface area contributed by atoms with Gasteiger partial charge in [-0.3, -0.25) is 0 Å². The topological polar surface area (TPSA) is 58.3 Å². The van der Waals surface area contributed by atoms with Crippen molar-refractivity contribution in [2.75, 3.05) is 17.6 Å². The third-order valence-corrected chi connectivity index (χ3v) is 3.29. The summed E-state index contributed by atoms with van der Waals surface area (Å²) in [4.78, 5) is 0. The van der Waals surface area contributed by atoms with Gasteiger partial charge >= 0.3 is 0 Å². The van der Waals surface area contributed by atoms with Gasteiger partial charge in [0.15, 0.2) is 0 Å². The molecule has 0 saturated carbocycles. The number of nitrogen functional groups attached to an aromatic ring is 1. The largest absolute Gasteiger partial charge is 0.397 e. The summed E-state index contributed by atoms with van der Waals surface area (Å²) in [7, 11) is 0. The first-order chi connectivity index (χ1) is 7.06. The minimum Gasteiger partial charge on any atom is -0.397 e. The SMILES string of the molecule is CC1(C)CCNc2c1ccc(CO)c2N. The molecular weight excluding hydrogens is 188 g/mol. The molecule has 4 N–H and O–H groups in total. The summed E-state index contributed by atoms with van der Waals surface area (Å²) in [6.45, 7) is 5.40. The Bertz CT molecular complexity index is 385. The first kappa shape index (κ1) is 10.3. The van der Waals surface area contributed by atoms with Crippen molar-refractivity contribution >= 4 is 11.4 Å². The molecule has 0 saturated heterocycles. The highest BCUT2D eigenvalue weighted by atomic mass is 16.3. The summed E-state index contributed by atoms with van der Waals surface area (Å²) in [6.07, 6.45) is 1.11. The van der Waals surface area contributed by atoms with Crippen LogP contribution >= 0.6 is 0 Å². The minimum absolute atomic E-state index is 0.00121. The van der Waals surface area contributed by atoms with Gasteiger partial charge in [-0.2, -0.15) is 0 Å². The normalized spacial score (nSPS) is 18.1. The van der Waals surface area contributed by atoms with Gasteiger partial charge in [0.1, 0.15) is 0 Å². The molecule has 0 unspecified atom stereocenters. The molecule has 1 heterocycles. The van der Waals surface area contributed by atoms with Gasteiger partial charge in [0.05, 0.1) is 18.0 Å². The van der Waals surface area contributed by atoms with Crippen molar-refractivity contribution < 1.29 is 5.11 Å². The zero-order chi connectivity index (χ0) is 11.1. The Morgan fingerprint density at radius 2 is 2.20 bits per heavy atom. The highest BCUT2D eigenvalue weighted by Gasteiger charge is 2.28. The number of hydrogen-bond donors (Lipinski definition) is 3. The van der Waals surface area contributed by atoms with Crippen LogP contribution in [0.25, 0.3) is 0 Å². The van der Waals surface area contributed by atoms with Crippen LogP contribution in [-0.4, -0.2) is 11.7 Å². The first-order valence-corrected chi connectivity index (χ1v) is 5.33. The summed E-state index contributed by atoms with van der Waals surface area (Å²) < 4.78 is 0. The highest BCUT2D eigenvalue weighted by molar-refractivity contribution is 5.75. The quantitative estimate of drug-likeness (QED) is 0.615. The van der Waals surface area contributed by atoms with E-state index in [1.54, 1.807) is 0 Å². The van der Waals surface area contributed by atoms with Gasteiger partial charge in [0, 0.05) is 12.1 Å². The Labute approximate surface area is 90.3 Å². The van der Waals surface area contributed by atoms with E-state index in [4.69, 9.17) is 10.8 Å². The maximum Gasteiger partial charge on any atom is 0.0702 e. The fourth-order valence-corrected chi connectivity index (χ4v) is 2.19. The molecule has 0 spiro atoms. The van der Waals surface area contributed by atoms with Crippen LogP contribution in [0.1, 0.15) is 31.4 Å². The number of aliphatic hydroxyl groups excluding tert-OH is 1. The van der Waals surface area contributed by atoms with E-state index < -0.39 is 0 Å². The first-order valence-electron chi connectivity index (χ1n) is 5.33. The van der Waals surface area contributed by atoms with Gasteiger partial charge in [0.2, 0.25) is 0 Å². The molecule has 1 aliphatic rings. The van der Waals surface area contributed by atoms with Gasteiger partial charge in [-0.1, -0.05) is 26.0 Å². The molecule has 0 atom stereocenters. The monoisotopic (exact) mass is 206 g/mol. The molecule has 1 aromatic rings. The number of benzene rings is 1. The molecule has 0 fully saturated rings. The number of fused-ring (bicyclic) bond motifs is 1. The molecule has 0 bridgehead atoms. The van der Waals surface area contributed by atoms with Crippen LogP contribution in [0.4, 0.5) is 11.4 Å². The van der Waals surface area contributed by atoms with E-state index >= 15 is 0 Å². The lowest BCUT2D eigenvalue weighted by molar-refractivity contribution is 0.282. The molecule has 0 aliphatic carbocycles. The molecule has 3 heteroatoms. The van der Waals surface area contributed by atoms with Gasteiger partial charge < -0.3 is 16.2 Å². The van der Waals surface area contributed by atoms with Crippen LogP contribution in [0.3, 0.4) is 0 Å². The summed E-state index contributed by atoms with van der Waals surface area (Å²) in [5, 5.41) is 12.5. The fourth-order valence-electron chi connectivity index (χ4n) is 2.19. The van der Waals surface area contributed by atoms with Crippen molar-refractivity contribution in [1.82, 2.24) is 0 Å². The van der Waals surface area contributed by atoms with E-state index in [9.17, 15) is 0 Å². The summed E-state index contributed by atoms with van der Waals surface area (Å²) in [5.41, 5.74) is 9.95. The lowest BCUT2D eigenvalue weighted by Gasteiger charge is -2.34. The van der Waals surface area contributed by atoms with Gasteiger partial charge in [-0.05, 0) is 17.4 Å². The average Bonchev–Trinajstić information content (AvgIpc) is 2.19. The molecule has 1 aromatic carbocycles. The van der Waals surface area contributed by atoms with Crippen molar-refractivity contribution in [3.8, 4) is 0 Å². The predicted molar refractivity (Wildman–Crippen MR) is 62.9 cm³/mol. The van der Waals surface area contributed by atoms with Crippen LogP contribution < -0.4 is 11.1 Å². The van der Waals surface area contributed by atoms with Crippen molar-refractivity contribution in [3.05, 3.63) is 23.3 Å². The molecular formula is C12H18N2O. The van der Waals surface area contributed by atoms with E-state index in [1.165, 1.54) is 5.56 Å². The van der Waals surface area contributed by atoms with Crippen molar-refractivity contribution in [2.45, 2.75) is 32.3 Å². The van der Waals surface area contributed by atoms with Crippen molar-refractivity contribution in [3.63, 3.8) is 0 Å². The maximum atomic E-state index is 9.14. The number of nitrogens with two attached hydrogens (primary N) is 1. The maximum absolute atomic E-state index is 9.14. The molecule has 1 aliphatic heterocycles. The Balaban J connectivity index is 2.58. The Morgan fingerprint density at radius 3 is 2.87 bits per heavy atom. The second-order valence-electron chi connectivity index (χ2n) is 4.78. The predicted octanol–water partition coefficient (Wildman–Crippen LogP) is 1.85. The number of aliphatic hydroxyl groups is 1. The van der Waals surface area contributed by atoms with Crippen LogP contribution in [0.15, 0.2) is 12.1 Å². The number of hydrogen-bond acceptors (Lipinski definition) is 3. The van der Waals surface area contributed by atoms with Gasteiger partial charge in [-0.25, -0.2) is 0 Å². The van der Waals surface area contributed by atoms with Crippen molar-refractivity contribution in [2.24, 2.45) is 0 Å². The molecule has 0 radical (unpaired) electrons. The van der Waals surface area contributed by atoms with E-state index in [-0.39, 0.29) is 12.0 Å². The molecule has 82 valence electrons. The summed E-state index contributed by atoms with van der Waals surface area (Å²) >= 11 is 0.